The summed E-state index contributed by atoms with van der Waals surface area (Å²) in [7, 11) is 0. The number of nitro groups is 1. The molecule has 0 unspecified atom stereocenters. The number of ether oxygens (including phenoxy) is 2. The molecule has 0 atom stereocenters. The molecule has 0 saturated carbocycles. The number of furan rings is 1. The molecule has 0 aliphatic heterocycles. The molecule has 230 valence electrons. The summed E-state index contributed by atoms with van der Waals surface area (Å²) in [4.78, 5) is 23.6. The van der Waals surface area contributed by atoms with Gasteiger partial charge in [-0.3, -0.25) is 14.9 Å². The summed E-state index contributed by atoms with van der Waals surface area (Å²) < 4.78 is 56.2. The molecule has 1 aromatic heterocycles. The number of hydrogen-bond acceptors (Lipinski definition) is 6. The van der Waals surface area contributed by atoms with Crippen LogP contribution in [0.3, 0.4) is 0 Å². The molecule has 11 heteroatoms. The average molecular weight is 617 g/mol. The lowest BCUT2D eigenvalue weighted by molar-refractivity contribution is -0.384. The van der Waals surface area contributed by atoms with Crippen LogP contribution in [0.15, 0.2) is 114 Å². The Bertz CT molecular complexity index is 1820. The Morgan fingerprint density at radius 2 is 1.49 bits per heavy atom. The van der Waals surface area contributed by atoms with Crippen molar-refractivity contribution in [2.45, 2.75) is 32.0 Å². The zero-order valence-electron chi connectivity index (χ0n) is 24.1. The first-order valence-corrected chi connectivity index (χ1v) is 13.7. The summed E-state index contributed by atoms with van der Waals surface area (Å²) in [6.07, 6.45) is -4.60. The van der Waals surface area contributed by atoms with Gasteiger partial charge in [0, 0.05) is 17.5 Å². The van der Waals surface area contributed by atoms with Crippen molar-refractivity contribution in [3.8, 4) is 17.2 Å². The minimum absolute atomic E-state index is 0.0242. The summed E-state index contributed by atoms with van der Waals surface area (Å²) in [5.74, 6) is -0.158. The van der Waals surface area contributed by atoms with Crippen LogP contribution >= 0.6 is 0 Å². The molecule has 1 amide bonds. The standard InChI is InChI=1S/C34H27F3N2O6/c1-33(2,22-7-4-3-5-8-22)23-11-13-27(14-12-23)43-21-29-15-16-31(45-29)32(40)38-25-18-26(39(41)42)20-30(19-25)44-28-10-6-9-24(17-28)34(35,36)37/h3-20H,21H2,1-2H3,(H,38,40). The number of hydrogen-bond donors (Lipinski definition) is 1. The first-order chi connectivity index (χ1) is 21.4. The molecule has 0 aliphatic carbocycles. The summed E-state index contributed by atoms with van der Waals surface area (Å²) in [5.41, 5.74) is 0.686. The van der Waals surface area contributed by atoms with Gasteiger partial charge in [-0.05, 0) is 53.6 Å². The zero-order chi connectivity index (χ0) is 32.2. The van der Waals surface area contributed by atoms with Crippen LogP contribution in [-0.4, -0.2) is 10.8 Å². The van der Waals surface area contributed by atoms with Crippen LogP contribution in [0.2, 0.25) is 0 Å². The van der Waals surface area contributed by atoms with E-state index in [1.54, 1.807) is 6.07 Å². The number of benzene rings is 4. The van der Waals surface area contributed by atoms with Crippen LogP contribution in [0, 0.1) is 10.1 Å². The van der Waals surface area contributed by atoms with Gasteiger partial charge < -0.3 is 19.2 Å². The Kier molecular flexibility index (Phi) is 8.62. The first kappa shape index (κ1) is 30.9. The lowest BCUT2D eigenvalue weighted by atomic mass is 9.78. The highest BCUT2D eigenvalue weighted by Crippen LogP contribution is 2.35. The molecule has 8 nitrogen and oxygen atoms in total. The van der Waals surface area contributed by atoms with Crippen LogP contribution in [0.25, 0.3) is 0 Å². The van der Waals surface area contributed by atoms with E-state index < -0.39 is 28.3 Å². The third-order valence-corrected chi connectivity index (χ3v) is 7.10. The topological polar surface area (TPSA) is 104 Å². The van der Waals surface area contributed by atoms with Crippen molar-refractivity contribution in [3.05, 3.63) is 148 Å². The van der Waals surface area contributed by atoms with Crippen LogP contribution in [-0.2, 0) is 18.2 Å². The van der Waals surface area contributed by atoms with Crippen molar-refractivity contribution < 1.29 is 36.8 Å². The van der Waals surface area contributed by atoms with E-state index in [9.17, 15) is 28.1 Å². The lowest BCUT2D eigenvalue weighted by Crippen LogP contribution is -2.18. The van der Waals surface area contributed by atoms with Gasteiger partial charge in [-0.2, -0.15) is 13.2 Å². The molecule has 0 radical (unpaired) electrons. The molecule has 1 N–H and O–H groups in total. The Morgan fingerprint density at radius 3 is 2.18 bits per heavy atom. The number of carbonyl (C=O) groups excluding carboxylic acids is 1. The number of carbonyl (C=O) groups is 1. The normalized spacial score (nSPS) is 11.6. The molecule has 0 aliphatic rings. The van der Waals surface area contributed by atoms with Gasteiger partial charge in [-0.15, -0.1) is 0 Å². The monoisotopic (exact) mass is 616 g/mol. The highest BCUT2D eigenvalue weighted by atomic mass is 19.4. The van der Waals surface area contributed by atoms with Gasteiger partial charge in [0.15, 0.2) is 5.76 Å². The summed E-state index contributed by atoms with van der Waals surface area (Å²) >= 11 is 0. The number of amides is 1. The number of rotatable bonds is 10. The van der Waals surface area contributed by atoms with E-state index in [-0.39, 0.29) is 35.0 Å². The van der Waals surface area contributed by atoms with E-state index >= 15 is 0 Å². The zero-order valence-corrected chi connectivity index (χ0v) is 24.1. The molecular weight excluding hydrogens is 589 g/mol. The second-order valence-corrected chi connectivity index (χ2v) is 10.6. The van der Waals surface area contributed by atoms with Gasteiger partial charge in [-0.25, -0.2) is 0 Å². The maximum absolute atomic E-state index is 13.1. The average Bonchev–Trinajstić information content (AvgIpc) is 3.50. The number of halogens is 3. The number of nitrogens with zero attached hydrogens (tertiary/aromatic N) is 1. The third-order valence-electron chi connectivity index (χ3n) is 7.10. The summed E-state index contributed by atoms with van der Waals surface area (Å²) in [6.45, 7) is 4.33. The van der Waals surface area contributed by atoms with E-state index in [1.807, 2.05) is 42.5 Å². The molecule has 0 fully saturated rings. The van der Waals surface area contributed by atoms with Gasteiger partial charge >= 0.3 is 6.18 Å². The molecule has 0 spiro atoms. The smallest absolute Gasteiger partial charge is 0.416 e. The van der Waals surface area contributed by atoms with Crippen LogP contribution in [0.1, 0.15) is 46.9 Å². The molecule has 5 rings (SSSR count). The minimum Gasteiger partial charge on any atom is -0.486 e. The van der Waals surface area contributed by atoms with Crippen molar-refractivity contribution in [3.63, 3.8) is 0 Å². The molecule has 45 heavy (non-hydrogen) atoms. The second kappa shape index (κ2) is 12.6. The van der Waals surface area contributed by atoms with Crippen LogP contribution in [0.4, 0.5) is 24.5 Å². The van der Waals surface area contributed by atoms with Crippen molar-refractivity contribution in [2.75, 3.05) is 5.32 Å². The number of nitro benzene ring substituents is 1. The lowest BCUT2D eigenvalue weighted by Gasteiger charge is -2.26. The van der Waals surface area contributed by atoms with E-state index in [0.717, 1.165) is 35.9 Å². The number of alkyl halides is 3. The Morgan fingerprint density at radius 1 is 0.800 bits per heavy atom. The molecule has 0 bridgehead atoms. The van der Waals surface area contributed by atoms with E-state index in [0.29, 0.717) is 11.5 Å². The van der Waals surface area contributed by atoms with Crippen molar-refractivity contribution in [1.29, 1.82) is 0 Å². The van der Waals surface area contributed by atoms with Crippen LogP contribution in [0.5, 0.6) is 17.2 Å². The fourth-order valence-electron chi connectivity index (χ4n) is 4.61. The molecule has 4 aromatic carbocycles. The van der Waals surface area contributed by atoms with Crippen molar-refractivity contribution in [1.82, 2.24) is 0 Å². The van der Waals surface area contributed by atoms with Crippen molar-refractivity contribution in [2.24, 2.45) is 0 Å². The number of nitrogens with one attached hydrogen (secondary N) is 1. The number of anilines is 1. The van der Waals surface area contributed by atoms with Crippen molar-refractivity contribution >= 4 is 17.3 Å². The largest absolute Gasteiger partial charge is 0.486 e. The Balaban J connectivity index is 1.23. The fourth-order valence-corrected chi connectivity index (χ4v) is 4.61. The van der Waals surface area contributed by atoms with Gasteiger partial charge in [0.25, 0.3) is 11.6 Å². The molecule has 5 aromatic rings. The van der Waals surface area contributed by atoms with E-state index in [1.165, 1.54) is 23.8 Å². The number of non-ortho nitro benzene ring substituents is 1. The third kappa shape index (κ3) is 7.50. The quantitative estimate of drug-likeness (QED) is 0.124. The Labute approximate surface area is 256 Å². The van der Waals surface area contributed by atoms with E-state index in [4.69, 9.17) is 13.9 Å². The summed E-state index contributed by atoms with van der Waals surface area (Å²) in [5, 5.41) is 14.0. The molecule has 1 heterocycles. The van der Waals surface area contributed by atoms with Gasteiger partial charge in [0.2, 0.25) is 0 Å². The Hall–Kier alpha value is -5.58. The maximum Gasteiger partial charge on any atom is 0.416 e. The maximum atomic E-state index is 13.1. The molecular formula is C34H27F3N2O6. The van der Waals surface area contributed by atoms with E-state index in [2.05, 4.69) is 31.3 Å². The minimum atomic E-state index is -4.60. The first-order valence-electron chi connectivity index (χ1n) is 13.7. The predicted octanol–water partition coefficient (Wildman–Crippen LogP) is 9.16. The highest BCUT2D eigenvalue weighted by molar-refractivity contribution is 6.02. The summed E-state index contributed by atoms with van der Waals surface area (Å²) in [6, 6.07) is 28.3. The predicted molar refractivity (Wildman–Crippen MR) is 161 cm³/mol. The van der Waals surface area contributed by atoms with Crippen LogP contribution < -0.4 is 14.8 Å². The fraction of sp³-hybridized carbons (Fsp3) is 0.147. The molecule has 0 saturated heterocycles. The van der Waals surface area contributed by atoms with Gasteiger partial charge in [0.05, 0.1) is 22.2 Å². The van der Waals surface area contributed by atoms with Gasteiger partial charge in [0.1, 0.15) is 29.6 Å². The van der Waals surface area contributed by atoms with Gasteiger partial charge in [-0.1, -0.05) is 62.4 Å². The second-order valence-electron chi connectivity index (χ2n) is 10.6. The SMILES string of the molecule is CC(C)(c1ccccc1)c1ccc(OCc2ccc(C(=O)Nc3cc(Oc4cccc(C(F)(F)F)c4)cc([N+](=O)[O-])c3)o2)cc1. The highest BCUT2D eigenvalue weighted by Gasteiger charge is 2.30.